The normalized spacial score (nSPS) is 35.0. The van der Waals surface area contributed by atoms with Crippen molar-refractivity contribution in [1.29, 1.82) is 0 Å². The van der Waals surface area contributed by atoms with E-state index >= 15 is 4.39 Å². The Balaban J connectivity index is 1.70. The number of hydrogen-bond donors (Lipinski definition) is 4. The highest BCUT2D eigenvalue weighted by molar-refractivity contribution is 6.61. The lowest BCUT2D eigenvalue weighted by atomic mass is 9.42. The zero-order valence-corrected chi connectivity index (χ0v) is 26.5. The summed E-state index contributed by atoms with van der Waals surface area (Å²) in [5.74, 6) is 2.92. The fraction of sp³-hybridized carbons (Fsp3) is 0.656. The van der Waals surface area contributed by atoms with Crippen molar-refractivity contribution in [3.8, 4) is 5.75 Å². The van der Waals surface area contributed by atoms with Gasteiger partial charge in [0.25, 0.3) is 5.91 Å². The van der Waals surface area contributed by atoms with E-state index in [-0.39, 0.29) is 47.8 Å². The monoisotopic (exact) mass is 616 g/mol. The van der Waals surface area contributed by atoms with Crippen molar-refractivity contribution in [2.75, 3.05) is 6.61 Å². The number of hydrazine groups is 1. The van der Waals surface area contributed by atoms with Crippen LogP contribution in [0.4, 0.5) is 4.39 Å². The van der Waals surface area contributed by atoms with Crippen LogP contribution in [-0.2, 0) is 30.4 Å². The van der Waals surface area contributed by atoms with Crippen molar-refractivity contribution in [3.63, 3.8) is 0 Å². The van der Waals surface area contributed by atoms with Gasteiger partial charge in [0.15, 0.2) is 18.2 Å². The standard InChI is InChI=1S/C32H46BFN2O8/c1-18-9-13-32(14-10-19(2)37)20(3)29(40)30(5,12-11-25(38)36-35)15-24(31(18,6)21(32)4)44-26(39)17-42-23-8-7-22-16-43-33(41)27(22)28(23)34/h7-8,11-12,18,20-21,24,29,40-41H,9-10,13-17,35H2,1-6H3,(H,36,38)/b12-11+/t18-,20+,21+,24-,29+,30-,31-,32+/m1/s1. The van der Waals surface area contributed by atoms with E-state index in [0.717, 1.165) is 12.8 Å². The number of benzene rings is 1. The molecule has 2 saturated carbocycles. The highest BCUT2D eigenvalue weighted by atomic mass is 19.1. The van der Waals surface area contributed by atoms with Crippen LogP contribution in [0.25, 0.3) is 0 Å². The number of nitrogens with two attached hydrogens (primary N) is 1. The maximum absolute atomic E-state index is 15.1. The molecular formula is C32H46BFN2O8. The molecule has 1 aliphatic heterocycles. The quantitative estimate of drug-likeness (QED) is 0.0818. The molecule has 2 aliphatic carbocycles. The zero-order chi connectivity index (χ0) is 32.6. The van der Waals surface area contributed by atoms with Gasteiger partial charge in [0.2, 0.25) is 0 Å². The zero-order valence-electron chi connectivity index (χ0n) is 26.5. The third-order valence-corrected chi connectivity index (χ3v) is 11.5. The van der Waals surface area contributed by atoms with Crippen LogP contribution in [0.2, 0.25) is 0 Å². The molecule has 0 unspecified atom stereocenters. The van der Waals surface area contributed by atoms with Gasteiger partial charge in [-0.15, -0.1) is 0 Å². The second-order valence-electron chi connectivity index (χ2n) is 13.6. The Kier molecular flexibility index (Phi) is 10.00. The highest BCUT2D eigenvalue weighted by Gasteiger charge is 2.62. The molecule has 242 valence electrons. The Morgan fingerprint density at radius 1 is 1.25 bits per heavy atom. The molecule has 4 rings (SSSR count). The highest BCUT2D eigenvalue weighted by Crippen LogP contribution is 2.65. The van der Waals surface area contributed by atoms with Crippen molar-refractivity contribution in [2.24, 2.45) is 39.8 Å². The van der Waals surface area contributed by atoms with Crippen LogP contribution in [0, 0.1) is 39.8 Å². The summed E-state index contributed by atoms with van der Waals surface area (Å²) in [6, 6.07) is 2.96. The number of halogens is 1. The minimum absolute atomic E-state index is 0.0117. The van der Waals surface area contributed by atoms with E-state index in [1.54, 1.807) is 19.1 Å². The smallest absolute Gasteiger partial charge is 0.479 e. The molecule has 1 aromatic carbocycles. The van der Waals surface area contributed by atoms with Crippen molar-refractivity contribution in [1.82, 2.24) is 5.43 Å². The van der Waals surface area contributed by atoms with Gasteiger partial charge >= 0.3 is 13.1 Å². The van der Waals surface area contributed by atoms with E-state index < -0.39 is 59.9 Å². The molecule has 5 N–H and O–H groups in total. The number of carbonyl (C=O) groups is 3. The Bertz CT molecular complexity index is 1310. The van der Waals surface area contributed by atoms with Gasteiger partial charge in [-0.1, -0.05) is 46.8 Å². The number of hydrogen-bond acceptors (Lipinski definition) is 9. The number of rotatable bonds is 9. The fourth-order valence-electron chi connectivity index (χ4n) is 8.23. The number of aliphatic hydroxyl groups excluding tert-OH is 1. The number of Topliss-reactive ketones (excluding diaryl/α,β-unsaturated/α-hetero) is 1. The molecule has 0 aromatic heterocycles. The SMILES string of the molecule is CC(=O)CC[C@]12CC[C@@H](C)[C@](C)([C@@H]1C)[C@H](OC(=O)COc1ccc3c(c1F)B(O)OC3)C[C@@](C)(/C=C/C(=O)NN)[C@@H](O)[C@@H]2C. The van der Waals surface area contributed by atoms with Gasteiger partial charge in [-0.25, -0.2) is 15.0 Å². The first kappa shape index (κ1) is 34.1. The van der Waals surface area contributed by atoms with Gasteiger partial charge in [-0.2, -0.15) is 0 Å². The number of amides is 1. The summed E-state index contributed by atoms with van der Waals surface area (Å²) in [4.78, 5) is 37.8. The molecule has 3 aliphatic rings. The first-order valence-corrected chi connectivity index (χ1v) is 15.4. The molecule has 1 heterocycles. The molecule has 2 fully saturated rings. The number of esters is 1. The summed E-state index contributed by atoms with van der Waals surface area (Å²) in [6.07, 6.45) is 3.97. The predicted molar refractivity (Wildman–Crippen MR) is 162 cm³/mol. The number of fused-ring (bicyclic) bond motifs is 3. The van der Waals surface area contributed by atoms with Gasteiger partial charge < -0.3 is 29.1 Å². The van der Waals surface area contributed by atoms with E-state index in [1.807, 2.05) is 13.8 Å². The minimum Gasteiger partial charge on any atom is -0.479 e. The minimum atomic E-state index is -1.41. The molecule has 8 atom stereocenters. The molecule has 10 nitrogen and oxygen atoms in total. The summed E-state index contributed by atoms with van der Waals surface area (Å²) >= 11 is 0. The lowest BCUT2D eigenvalue weighted by Crippen LogP contribution is -2.62. The Labute approximate surface area is 259 Å². The summed E-state index contributed by atoms with van der Waals surface area (Å²) in [7, 11) is -1.41. The molecule has 0 radical (unpaired) electrons. The van der Waals surface area contributed by atoms with Crippen LogP contribution >= 0.6 is 0 Å². The summed E-state index contributed by atoms with van der Waals surface area (Å²) in [6.45, 7) is 11.3. The number of carbonyl (C=O) groups excluding carboxylic acids is 3. The van der Waals surface area contributed by atoms with E-state index in [9.17, 15) is 24.5 Å². The van der Waals surface area contributed by atoms with Crippen molar-refractivity contribution < 1.29 is 43.0 Å². The predicted octanol–water partition coefficient (Wildman–Crippen LogP) is 2.72. The molecular weight excluding hydrogens is 570 g/mol. The lowest BCUT2D eigenvalue weighted by Gasteiger charge is -2.64. The second kappa shape index (κ2) is 12.9. The van der Waals surface area contributed by atoms with Crippen molar-refractivity contribution in [3.05, 3.63) is 35.7 Å². The van der Waals surface area contributed by atoms with Gasteiger partial charge in [-0.05, 0) is 67.4 Å². The third-order valence-electron chi connectivity index (χ3n) is 11.5. The molecule has 1 aromatic rings. The molecule has 0 saturated heterocycles. The summed E-state index contributed by atoms with van der Waals surface area (Å²) in [5.41, 5.74) is 0.526. The number of aliphatic hydroxyl groups is 1. The number of nitrogens with one attached hydrogen (secondary N) is 1. The molecule has 0 spiro atoms. The van der Waals surface area contributed by atoms with Crippen LogP contribution in [0.3, 0.4) is 0 Å². The number of ether oxygens (including phenoxy) is 2. The van der Waals surface area contributed by atoms with Gasteiger partial charge in [-0.3, -0.25) is 10.2 Å². The van der Waals surface area contributed by atoms with Crippen molar-refractivity contribution in [2.45, 2.75) is 92.5 Å². The van der Waals surface area contributed by atoms with Crippen LogP contribution in [0.1, 0.15) is 79.2 Å². The van der Waals surface area contributed by atoms with Crippen LogP contribution < -0.4 is 21.5 Å². The van der Waals surface area contributed by atoms with Gasteiger partial charge in [0, 0.05) is 28.8 Å². The summed E-state index contributed by atoms with van der Waals surface area (Å²) in [5, 5.41) is 22.0. The topological polar surface area (TPSA) is 157 Å². The maximum Gasteiger partial charge on any atom is 0.494 e. The Morgan fingerprint density at radius 2 is 1.95 bits per heavy atom. The second-order valence-corrected chi connectivity index (χ2v) is 13.6. The molecule has 1 amide bonds. The summed E-state index contributed by atoms with van der Waals surface area (Å²) < 4.78 is 31.9. The average molecular weight is 617 g/mol. The van der Waals surface area contributed by atoms with E-state index in [0.29, 0.717) is 18.4 Å². The van der Waals surface area contributed by atoms with Crippen LogP contribution in [0.15, 0.2) is 24.3 Å². The van der Waals surface area contributed by atoms with E-state index in [2.05, 4.69) is 26.2 Å². The molecule has 12 heteroatoms. The molecule has 44 heavy (non-hydrogen) atoms. The van der Waals surface area contributed by atoms with E-state index in [4.69, 9.17) is 20.0 Å². The Morgan fingerprint density at radius 3 is 2.61 bits per heavy atom. The first-order chi connectivity index (χ1) is 20.6. The first-order valence-electron chi connectivity index (χ1n) is 15.4. The molecule has 2 bridgehead atoms. The van der Waals surface area contributed by atoms with Crippen molar-refractivity contribution >= 4 is 30.2 Å². The maximum atomic E-state index is 15.1. The fourth-order valence-corrected chi connectivity index (χ4v) is 8.23. The third kappa shape index (κ3) is 6.06. The lowest BCUT2D eigenvalue weighted by molar-refractivity contribution is -0.213. The largest absolute Gasteiger partial charge is 0.494 e. The Hall–Kier alpha value is -2.80. The average Bonchev–Trinajstić information content (AvgIpc) is 3.37. The van der Waals surface area contributed by atoms with Crippen LogP contribution in [-0.4, -0.2) is 53.7 Å². The number of ketones is 1. The van der Waals surface area contributed by atoms with Gasteiger partial charge in [0.1, 0.15) is 11.9 Å². The van der Waals surface area contributed by atoms with E-state index in [1.165, 1.54) is 12.1 Å². The van der Waals surface area contributed by atoms with Gasteiger partial charge in [0.05, 0.1) is 12.7 Å². The van der Waals surface area contributed by atoms with Crippen LogP contribution in [0.5, 0.6) is 5.75 Å².